The van der Waals surface area contributed by atoms with E-state index < -0.39 is 0 Å². The molecule has 0 saturated heterocycles. The molecule has 0 fully saturated rings. The van der Waals surface area contributed by atoms with E-state index in [0.717, 1.165) is 29.9 Å². The molecule has 0 amide bonds. The molecule has 0 saturated carbocycles. The third kappa shape index (κ3) is 12.2. The Morgan fingerprint density at radius 2 is 1.29 bits per heavy atom. The van der Waals surface area contributed by atoms with Crippen LogP contribution in [0, 0.1) is 6.92 Å². The number of ketones is 1. The fourth-order valence-electron chi connectivity index (χ4n) is 4.23. The Morgan fingerprint density at radius 3 is 1.88 bits per heavy atom. The molecule has 0 N–H and O–H groups in total. The normalized spacial score (nSPS) is 11.2. The fraction of sp³-hybridized carbons (Fsp3) is 0.531. The lowest BCUT2D eigenvalue weighted by Gasteiger charge is -2.10. The average Bonchev–Trinajstić information content (AvgIpc) is 2.86. The predicted molar refractivity (Wildman–Crippen MR) is 147 cm³/mol. The van der Waals surface area contributed by atoms with Crippen molar-refractivity contribution in [3.05, 3.63) is 71.3 Å². The molecule has 2 aromatic rings. The zero-order chi connectivity index (χ0) is 24.3. The standard InChI is InChI=1S/C32H46O2/c1-3-4-5-6-7-8-9-10-11-12-13-14-15-19-26-34-32-27-29(23-22-28(32)2)24-25-31(33)30-20-17-16-18-21-30/h16-18,20-25,27H,3-15,19,26H2,1-2H3. The summed E-state index contributed by atoms with van der Waals surface area (Å²) in [5.74, 6) is 0.940. The van der Waals surface area contributed by atoms with Gasteiger partial charge in [-0.05, 0) is 36.6 Å². The Kier molecular flexibility index (Phi) is 14.8. The molecule has 0 atom stereocenters. The van der Waals surface area contributed by atoms with Crippen LogP contribution in [-0.2, 0) is 0 Å². The van der Waals surface area contributed by atoms with Crippen LogP contribution in [0.15, 0.2) is 54.6 Å². The van der Waals surface area contributed by atoms with Crippen molar-refractivity contribution >= 4 is 11.9 Å². The number of carbonyl (C=O) groups is 1. The Hall–Kier alpha value is -2.35. The van der Waals surface area contributed by atoms with Gasteiger partial charge in [-0.3, -0.25) is 4.79 Å². The maximum Gasteiger partial charge on any atom is 0.185 e. The monoisotopic (exact) mass is 462 g/mol. The van der Waals surface area contributed by atoms with Gasteiger partial charge in [0.05, 0.1) is 6.61 Å². The van der Waals surface area contributed by atoms with Gasteiger partial charge in [-0.2, -0.15) is 0 Å². The number of hydrogen-bond donors (Lipinski definition) is 0. The number of benzene rings is 2. The van der Waals surface area contributed by atoms with Crippen molar-refractivity contribution in [3.8, 4) is 5.75 Å². The van der Waals surface area contributed by atoms with Gasteiger partial charge in [-0.15, -0.1) is 0 Å². The van der Waals surface area contributed by atoms with Gasteiger partial charge in [0, 0.05) is 5.56 Å². The smallest absolute Gasteiger partial charge is 0.185 e. The van der Waals surface area contributed by atoms with E-state index in [0.29, 0.717) is 5.56 Å². The van der Waals surface area contributed by atoms with Gasteiger partial charge < -0.3 is 4.74 Å². The van der Waals surface area contributed by atoms with Crippen molar-refractivity contribution in [3.63, 3.8) is 0 Å². The molecule has 0 spiro atoms. The lowest BCUT2D eigenvalue weighted by Crippen LogP contribution is -1.99. The first-order chi connectivity index (χ1) is 16.7. The Morgan fingerprint density at radius 1 is 0.735 bits per heavy atom. The summed E-state index contributed by atoms with van der Waals surface area (Å²) in [5.41, 5.74) is 2.84. The minimum atomic E-state index is 0.0195. The molecule has 2 rings (SSSR count). The summed E-state index contributed by atoms with van der Waals surface area (Å²) in [6.07, 6.45) is 22.6. The molecule has 2 nitrogen and oxygen atoms in total. The van der Waals surface area contributed by atoms with Crippen molar-refractivity contribution in [2.75, 3.05) is 6.61 Å². The van der Waals surface area contributed by atoms with Crippen molar-refractivity contribution in [2.45, 2.75) is 104 Å². The first-order valence-electron chi connectivity index (χ1n) is 13.7. The molecule has 0 heterocycles. The molecule has 0 aromatic heterocycles. The highest BCUT2D eigenvalue weighted by Gasteiger charge is 2.03. The topological polar surface area (TPSA) is 26.3 Å². The summed E-state index contributed by atoms with van der Waals surface area (Å²) >= 11 is 0. The maximum absolute atomic E-state index is 12.3. The Bertz CT molecular complexity index is 822. The molecule has 0 unspecified atom stereocenters. The Balaban J connectivity index is 1.54. The van der Waals surface area contributed by atoms with E-state index in [1.165, 1.54) is 83.5 Å². The highest BCUT2D eigenvalue weighted by molar-refractivity contribution is 6.06. The molecule has 0 radical (unpaired) electrons. The maximum atomic E-state index is 12.3. The van der Waals surface area contributed by atoms with Crippen LogP contribution in [0.1, 0.15) is 118 Å². The van der Waals surface area contributed by atoms with Crippen LogP contribution in [0.5, 0.6) is 5.75 Å². The predicted octanol–water partition coefficient (Wildman–Crippen LogP) is 9.75. The average molecular weight is 463 g/mol. The minimum Gasteiger partial charge on any atom is -0.493 e. The molecular weight excluding hydrogens is 416 g/mol. The van der Waals surface area contributed by atoms with E-state index >= 15 is 0 Å². The molecule has 2 aromatic carbocycles. The van der Waals surface area contributed by atoms with Crippen LogP contribution in [0.4, 0.5) is 0 Å². The van der Waals surface area contributed by atoms with Crippen LogP contribution in [0.2, 0.25) is 0 Å². The lowest BCUT2D eigenvalue weighted by molar-refractivity contribution is 0.104. The van der Waals surface area contributed by atoms with Gasteiger partial charge in [-0.25, -0.2) is 0 Å². The zero-order valence-electron chi connectivity index (χ0n) is 21.7. The van der Waals surface area contributed by atoms with Gasteiger partial charge in [0.1, 0.15) is 5.75 Å². The molecule has 0 aliphatic heterocycles. The van der Waals surface area contributed by atoms with Crippen LogP contribution < -0.4 is 4.74 Å². The van der Waals surface area contributed by atoms with Crippen LogP contribution in [-0.4, -0.2) is 12.4 Å². The first kappa shape index (κ1) is 27.9. The van der Waals surface area contributed by atoms with Gasteiger partial charge >= 0.3 is 0 Å². The van der Waals surface area contributed by atoms with Gasteiger partial charge in [0.15, 0.2) is 5.78 Å². The lowest BCUT2D eigenvalue weighted by atomic mass is 10.0. The van der Waals surface area contributed by atoms with Gasteiger partial charge in [0.2, 0.25) is 0 Å². The van der Waals surface area contributed by atoms with E-state index in [4.69, 9.17) is 4.74 Å². The number of unbranched alkanes of at least 4 members (excludes halogenated alkanes) is 13. The SMILES string of the molecule is CCCCCCCCCCCCCCCCOc1cc(C=CC(=O)c2ccccc2)ccc1C. The molecule has 2 heteroatoms. The van der Waals surface area contributed by atoms with Crippen molar-refractivity contribution < 1.29 is 9.53 Å². The van der Waals surface area contributed by atoms with Crippen LogP contribution >= 0.6 is 0 Å². The number of carbonyl (C=O) groups excluding carboxylic acids is 1. The van der Waals surface area contributed by atoms with E-state index in [1.807, 2.05) is 48.5 Å². The number of aryl methyl sites for hydroxylation is 1. The molecule has 0 aliphatic carbocycles. The minimum absolute atomic E-state index is 0.0195. The number of ether oxygens (including phenoxy) is 1. The summed E-state index contributed by atoms with van der Waals surface area (Å²) in [4.78, 5) is 12.3. The fourth-order valence-corrected chi connectivity index (χ4v) is 4.23. The van der Waals surface area contributed by atoms with Crippen LogP contribution in [0.3, 0.4) is 0 Å². The largest absolute Gasteiger partial charge is 0.493 e. The van der Waals surface area contributed by atoms with E-state index in [1.54, 1.807) is 6.08 Å². The second kappa shape index (κ2) is 18.0. The summed E-state index contributed by atoms with van der Waals surface area (Å²) in [6.45, 7) is 5.11. The number of rotatable bonds is 19. The third-order valence-electron chi connectivity index (χ3n) is 6.45. The quantitative estimate of drug-likeness (QED) is 0.118. The van der Waals surface area contributed by atoms with E-state index in [2.05, 4.69) is 19.9 Å². The summed E-state index contributed by atoms with van der Waals surface area (Å²) in [5, 5.41) is 0. The van der Waals surface area contributed by atoms with Crippen molar-refractivity contribution in [1.82, 2.24) is 0 Å². The van der Waals surface area contributed by atoms with E-state index in [9.17, 15) is 4.79 Å². The summed E-state index contributed by atoms with van der Waals surface area (Å²) in [6, 6.07) is 15.5. The highest BCUT2D eigenvalue weighted by Crippen LogP contribution is 2.21. The molecule has 186 valence electrons. The van der Waals surface area contributed by atoms with E-state index in [-0.39, 0.29) is 5.78 Å². The summed E-state index contributed by atoms with van der Waals surface area (Å²) < 4.78 is 6.06. The highest BCUT2D eigenvalue weighted by atomic mass is 16.5. The molecule has 0 bridgehead atoms. The van der Waals surface area contributed by atoms with Gasteiger partial charge in [0.25, 0.3) is 0 Å². The molecule has 34 heavy (non-hydrogen) atoms. The van der Waals surface area contributed by atoms with Crippen LogP contribution in [0.25, 0.3) is 6.08 Å². The zero-order valence-corrected chi connectivity index (χ0v) is 21.7. The molecular formula is C32H46O2. The molecule has 0 aliphatic rings. The third-order valence-corrected chi connectivity index (χ3v) is 6.45. The van der Waals surface area contributed by atoms with Crippen molar-refractivity contribution in [1.29, 1.82) is 0 Å². The Labute approximate surface area is 208 Å². The first-order valence-corrected chi connectivity index (χ1v) is 13.7. The van der Waals surface area contributed by atoms with Crippen molar-refractivity contribution in [2.24, 2.45) is 0 Å². The van der Waals surface area contributed by atoms with Gasteiger partial charge in [-0.1, -0.05) is 139 Å². The second-order valence-electron chi connectivity index (χ2n) is 9.53. The second-order valence-corrected chi connectivity index (χ2v) is 9.53. The number of hydrogen-bond acceptors (Lipinski definition) is 2. The number of allylic oxidation sites excluding steroid dienone is 1. The summed E-state index contributed by atoms with van der Waals surface area (Å²) in [7, 11) is 0.